The molecule has 2 amide bonds. The third kappa shape index (κ3) is 7.99. The summed E-state index contributed by atoms with van der Waals surface area (Å²) in [6.45, 7) is 0.522. The lowest BCUT2D eigenvalue weighted by molar-refractivity contribution is -0.120. The van der Waals surface area contributed by atoms with Crippen LogP contribution in [-0.2, 0) is 11.4 Å². The molecule has 0 atom stereocenters. The van der Waals surface area contributed by atoms with E-state index in [2.05, 4.69) is 31.8 Å². The van der Waals surface area contributed by atoms with Crippen LogP contribution in [0.4, 0.5) is 0 Å². The lowest BCUT2D eigenvalue weighted by Gasteiger charge is -2.13. The summed E-state index contributed by atoms with van der Waals surface area (Å²) >= 11 is 15.3. The number of amides is 2. The van der Waals surface area contributed by atoms with Gasteiger partial charge in [-0.1, -0.05) is 53.5 Å². The molecule has 7 nitrogen and oxygen atoms in total. The van der Waals surface area contributed by atoms with E-state index in [0.717, 1.165) is 5.56 Å². The molecule has 0 saturated carbocycles. The molecule has 0 aliphatic carbocycles. The second kappa shape index (κ2) is 13.1. The fourth-order valence-corrected chi connectivity index (χ4v) is 3.82. The molecule has 0 radical (unpaired) electrons. The van der Waals surface area contributed by atoms with E-state index < -0.39 is 0 Å². The Bertz CT molecular complexity index is 1220. The number of carbonyl (C=O) groups excluding carboxylic acids is 2. The van der Waals surface area contributed by atoms with E-state index in [0.29, 0.717) is 38.7 Å². The largest absolute Gasteiger partial charge is 0.493 e. The Kier molecular flexibility index (Phi) is 9.96. The van der Waals surface area contributed by atoms with Crippen molar-refractivity contribution in [1.82, 2.24) is 10.7 Å². The van der Waals surface area contributed by atoms with Gasteiger partial charge in [0.05, 0.1) is 27.8 Å². The maximum absolute atomic E-state index is 12.1. The standard InChI is InChI=1S/C25H22BrCl2N3O4/c1-34-22-12-17(11-19(26)24(22)35-15-16-5-3-2-4-6-16)14-30-31-23(32)9-10-29-25(33)18-7-8-20(27)21(28)13-18/h2-8,11-14H,9-10,15H2,1H3,(H,29,33)(H,31,32). The summed E-state index contributed by atoms with van der Waals surface area (Å²) in [6, 6.07) is 17.9. The van der Waals surface area contributed by atoms with Gasteiger partial charge in [0.2, 0.25) is 5.91 Å². The maximum atomic E-state index is 12.1. The number of nitrogens with one attached hydrogen (secondary N) is 2. The number of carbonyl (C=O) groups is 2. The molecule has 182 valence electrons. The van der Waals surface area contributed by atoms with Gasteiger partial charge in [0.15, 0.2) is 11.5 Å². The average molecular weight is 579 g/mol. The van der Waals surface area contributed by atoms with Crippen LogP contribution < -0.4 is 20.2 Å². The third-order valence-corrected chi connectivity index (χ3v) is 6.03. The van der Waals surface area contributed by atoms with E-state index in [1.165, 1.54) is 18.3 Å². The van der Waals surface area contributed by atoms with E-state index in [9.17, 15) is 9.59 Å². The number of nitrogens with zero attached hydrogens (tertiary/aromatic N) is 1. The molecule has 0 unspecified atom stereocenters. The Morgan fingerprint density at radius 2 is 1.83 bits per heavy atom. The fraction of sp³-hybridized carbons (Fsp3) is 0.160. The van der Waals surface area contributed by atoms with Crippen molar-refractivity contribution in [2.75, 3.05) is 13.7 Å². The summed E-state index contributed by atoms with van der Waals surface area (Å²) in [5.74, 6) is 0.374. The smallest absolute Gasteiger partial charge is 0.251 e. The molecule has 2 N–H and O–H groups in total. The van der Waals surface area contributed by atoms with Crippen molar-refractivity contribution < 1.29 is 19.1 Å². The van der Waals surface area contributed by atoms with Gasteiger partial charge in [-0.2, -0.15) is 5.10 Å². The van der Waals surface area contributed by atoms with Crippen LogP contribution in [0, 0.1) is 0 Å². The van der Waals surface area contributed by atoms with Gasteiger partial charge in [-0.25, -0.2) is 5.43 Å². The number of halogens is 3. The highest BCUT2D eigenvalue weighted by molar-refractivity contribution is 9.10. The highest BCUT2D eigenvalue weighted by Crippen LogP contribution is 2.36. The minimum absolute atomic E-state index is 0.0453. The van der Waals surface area contributed by atoms with Crippen LogP contribution in [0.3, 0.4) is 0 Å². The summed E-state index contributed by atoms with van der Waals surface area (Å²) < 4.78 is 12.1. The zero-order chi connectivity index (χ0) is 25.2. The van der Waals surface area contributed by atoms with Gasteiger partial charge < -0.3 is 14.8 Å². The van der Waals surface area contributed by atoms with E-state index in [4.69, 9.17) is 32.7 Å². The molecular formula is C25H22BrCl2N3O4. The Hall–Kier alpha value is -3.07. The van der Waals surface area contributed by atoms with Crippen molar-refractivity contribution >= 4 is 57.2 Å². The summed E-state index contributed by atoms with van der Waals surface area (Å²) in [5.41, 5.74) is 4.51. The number of benzene rings is 3. The van der Waals surface area contributed by atoms with Gasteiger partial charge in [0.1, 0.15) is 6.61 Å². The minimum atomic E-state index is -0.357. The van der Waals surface area contributed by atoms with E-state index in [1.807, 2.05) is 30.3 Å². The van der Waals surface area contributed by atoms with Crippen molar-refractivity contribution in [2.24, 2.45) is 5.10 Å². The van der Waals surface area contributed by atoms with Gasteiger partial charge in [-0.15, -0.1) is 0 Å². The van der Waals surface area contributed by atoms with Crippen LogP contribution in [0.1, 0.15) is 27.9 Å². The zero-order valence-electron chi connectivity index (χ0n) is 18.7. The van der Waals surface area contributed by atoms with Gasteiger partial charge in [0, 0.05) is 18.5 Å². The van der Waals surface area contributed by atoms with E-state index in [1.54, 1.807) is 25.3 Å². The average Bonchev–Trinajstić information content (AvgIpc) is 2.85. The first-order valence-corrected chi connectivity index (χ1v) is 12.0. The summed E-state index contributed by atoms with van der Waals surface area (Å²) in [7, 11) is 1.55. The predicted octanol–water partition coefficient (Wildman–Crippen LogP) is 5.61. The molecule has 0 fully saturated rings. The molecule has 0 spiro atoms. The van der Waals surface area contributed by atoms with E-state index in [-0.39, 0.29) is 29.8 Å². The first kappa shape index (κ1) is 26.5. The molecule has 0 saturated heterocycles. The SMILES string of the molecule is COc1cc(C=NNC(=O)CCNC(=O)c2ccc(Cl)c(Cl)c2)cc(Br)c1OCc1ccccc1. The minimum Gasteiger partial charge on any atom is -0.493 e. The fourth-order valence-electron chi connectivity index (χ4n) is 2.95. The lowest BCUT2D eigenvalue weighted by Crippen LogP contribution is -2.29. The van der Waals surface area contributed by atoms with Crippen LogP contribution in [-0.4, -0.2) is 31.7 Å². The Morgan fingerprint density at radius 3 is 2.54 bits per heavy atom. The van der Waals surface area contributed by atoms with Gasteiger partial charge in [0.25, 0.3) is 5.91 Å². The molecule has 0 aliphatic rings. The molecule has 0 aromatic heterocycles. The summed E-state index contributed by atoms with van der Waals surface area (Å²) in [6.07, 6.45) is 1.53. The molecule has 0 heterocycles. The second-order valence-electron chi connectivity index (χ2n) is 7.24. The molecule has 10 heteroatoms. The predicted molar refractivity (Wildman–Crippen MR) is 141 cm³/mol. The highest BCUT2D eigenvalue weighted by Gasteiger charge is 2.12. The topological polar surface area (TPSA) is 89.0 Å². The Morgan fingerprint density at radius 1 is 1.06 bits per heavy atom. The number of hydrogen-bond acceptors (Lipinski definition) is 5. The van der Waals surface area contributed by atoms with Crippen LogP contribution in [0.15, 0.2) is 70.2 Å². The zero-order valence-corrected chi connectivity index (χ0v) is 21.8. The molecular weight excluding hydrogens is 557 g/mol. The van der Waals surface area contributed by atoms with Gasteiger partial charge >= 0.3 is 0 Å². The number of methoxy groups -OCH3 is 1. The van der Waals surface area contributed by atoms with Crippen molar-refractivity contribution in [2.45, 2.75) is 13.0 Å². The summed E-state index contributed by atoms with van der Waals surface area (Å²) in [4.78, 5) is 24.2. The number of ether oxygens (including phenoxy) is 2. The van der Waals surface area contributed by atoms with Crippen LogP contribution >= 0.6 is 39.1 Å². The first-order chi connectivity index (χ1) is 16.9. The maximum Gasteiger partial charge on any atom is 0.251 e. The van der Waals surface area contributed by atoms with Gasteiger partial charge in [-0.05, 0) is 57.4 Å². The monoisotopic (exact) mass is 577 g/mol. The normalized spacial score (nSPS) is 10.7. The molecule has 35 heavy (non-hydrogen) atoms. The van der Waals surface area contributed by atoms with Crippen molar-refractivity contribution in [3.8, 4) is 11.5 Å². The van der Waals surface area contributed by atoms with Crippen molar-refractivity contribution in [1.29, 1.82) is 0 Å². The third-order valence-electron chi connectivity index (χ3n) is 4.70. The quantitative estimate of drug-likeness (QED) is 0.242. The van der Waals surface area contributed by atoms with Gasteiger partial charge in [-0.3, -0.25) is 9.59 Å². The van der Waals surface area contributed by atoms with Crippen LogP contribution in [0.5, 0.6) is 11.5 Å². The molecule has 3 rings (SSSR count). The van der Waals surface area contributed by atoms with Crippen LogP contribution in [0.25, 0.3) is 0 Å². The summed E-state index contributed by atoms with van der Waals surface area (Å²) in [5, 5.41) is 7.26. The first-order valence-electron chi connectivity index (χ1n) is 10.5. The second-order valence-corrected chi connectivity index (χ2v) is 8.91. The lowest BCUT2D eigenvalue weighted by atomic mass is 10.2. The Labute approximate surface area is 221 Å². The van der Waals surface area contributed by atoms with Crippen molar-refractivity contribution in [3.05, 3.63) is 91.9 Å². The Balaban J connectivity index is 1.49. The molecule has 0 aliphatic heterocycles. The molecule has 0 bridgehead atoms. The number of rotatable bonds is 10. The molecule has 3 aromatic carbocycles. The van der Waals surface area contributed by atoms with Crippen molar-refractivity contribution in [3.63, 3.8) is 0 Å². The van der Waals surface area contributed by atoms with Crippen LogP contribution in [0.2, 0.25) is 10.0 Å². The number of hydrogen-bond donors (Lipinski definition) is 2. The highest BCUT2D eigenvalue weighted by atomic mass is 79.9. The van der Waals surface area contributed by atoms with E-state index >= 15 is 0 Å². The molecule has 3 aromatic rings. The number of hydrazone groups is 1.